The molecule has 1 aromatic rings. The van der Waals surface area contributed by atoms with Gasteiger partial charge in [-0.25, -0.2) is 0 Å². The summed E-state index contributed by atoms with van der Waals surface area (Å²) in [4.78, 5) is 13.2. The minimum atomic E-state index is -0.547. The smallest absolute Gasteiger partial charge is 0.181 e. The van der Waals surface area contributed by atoms with Crippen LogP contribution in [0.5, 0.6) is 0 Å². The number of ketones is 1. The highest BCUT2D eigenvalue weighted by Gasteiger charge is 2.30. The molecule has 0 saturated carbocycles. The van der Waals surface area contributed by atoms with E-state index >= 15 is 0 Å². The number of allylic oxidation sites excluding steroid dienone is 1. The Morgan fingerprint density at radius 2 is 2.00 bits per heavy atom. The maximum atomic E-state index is 12.2. The van der Waals surface area contributed by atoms with E-state index in [1.54, 1.807) is 0 Å². The van der Waals surface area contributed by atoms with E-state index in [-0.39, 0.29) is 11.4 Å². The van der Waals surface area contributed by atoms with Gasteiger partial charge in [0.15, 0.2) is 5.78 Å². The lowest BCUT2D eigenvalue weighted by molar-refractivity contribution is -0.122. The maximum absolute atomic E-state index is 12.2. The SMILES string of the molecule is CC(C)(C)C(=O)/C(C#N)=C1\Nc2ccccc2S1. The quantitative estimate of drug-likeness (QED) is 0.618. The molecule has 0 aromatic heterocycles. The average Bonchev–Trinajstić information content (AvgIpc) is 2.71. The Bertz CT molecular complexity index is 549. The number of fused-ring (bicyclic) bond motifs is 1. The number of Topliss-reactive ketones (excluding diaryl/α,β-unsaturated/α-hetero) is 1. The van der Waals surface area contributed by atoms with E-state index in [4.69, 9.17) is 0 Å². The summed E-state index contributed by atoms with van der Waals surface area (Å²) >= 11 is 1.44. The fourth-order valence-electron chi connectivity index (χ4n) is 1.61. The van der Waals surface area contributed by atoms with Gasteiger partial charge in [0, 0.05) is 10.3 Å². The molecule has 4 heteroatoms. The Labute approximate surface area is 111 Å². The molecule has 0 spiro atoms. The first-order valence-corrected chi connectivity index (χ1v) is 6.48. The predicted octanol–water partition coefficient (Wildman–Crippen LogP) is 3.55. The summed E-state index contributed by atoms with van der Waals surface area (Å²) in [6, 6.07) is 9.80. The third kappa shape index (κ3) is 2.27. The van der Waals surface area contributed by atoms with Crippen molar-refractivity contribution in [3.63, 3.8) is 0 Å². The number of hydrogen-bond donors (Lipinski definition) is 1. The second-order valence-electron chi connectivity index (χ2n) is 5.12. The summed E-state index contributed by atoms with van der Waals surface area (Å²) in [6.07, 6.45) is 0. The molecule has 0 bridgehead atoms. The molecule has 0 aliphatic carbocycles. The first kappa shape index (κ1) is 12.7. The normalized spacial score (nSPS) is 16.6. The van der Waals surface area contributed by atoms with Gasteiger partial charge in [0.05, 0.1) is 10.7 Å². The van der Waals surface area contributed by atoms with E-state index in [0.717, 1.165) is 10.6 Å². The number of para-hydroxylation sites is 1. The zero-order valence-electron chi connectivity index (χ0n) is 10.6. The summed E-state index contributed by atoms with van der Waals surface area (Å²) in [6.45, 7) is 5.46. The van der Waals surface area contributed by atoms with E-state index in [9.17, 15) is 10.1 Å². The number of rotatable bonds is 1. The van der Waals surface area contributed by atoms with Crippen molar-refractivity contribution in [1.29, 1.82) is 5.26 Å². The third-order valence-corrected chi connectivity index (χ3v) is 3.68. The van der Waals surface area contributed by atoms with Crippen LogP contribution >= 0.6 is 11.8 Å². The Morgan fingerprint density at radius 3 is 2.56 bits per heavy atom. The van der Waals surface area contributed by atoms with Crippen LogP contribution in [0.4, 0.5) is 5.69 Å². The van der Waals surface area contributed by atoms with Crippen molar-refractivity contribution in [2.75, 3.05) is 5.32 Å². The van der Waals surface area contributed by atoms with Gasteiger partial charge in [-0.15, -0.1) is 0 Å². The van der Waals surface area contributed by atoms with Crippen LogP contribution in [-0.2, 0) is 4.79 Å². The van der Waals surface area contributed by atoms with Crippen LogP contribution in [-0.4, -0.2) is 5.78 Å². The lowest BCUT2D eigenvalue weighted by Gasteiger charge is -2.16. The second kappa shape index (κ2) is 4.51. The lowest BCUT2D eigenvalue weighted by Crippen LogP contribution is -2.23. The summed E-state index contributed by atoms with van der Waals surface area (Å²) in [7, 11) is 0. The van der Waals surface area contributed by atoms with Crippen LogP contribution in [0.15, 0.2) is 39.8 Å². The molecule has 3 nitrogen and oxygen atoms in total. The number of carbonyl (C=O) groups excluding carboxylic acids is 1. The fraction of sp³-hybridized carbons (Fsp3) is 0.286. The number of carbonyl (C=O) groups is 1. The number of nitrogens with one attached hydrogen (secondary N) is 1. The van der Waals surface area contributed by atoms with Gasteiger partial charge in [-0.2, -0.15) is 5.26 Å². The molecule has 1 aliphatic rings. The highest BCUT2D eigenvalue weighted by atomic mass is 32.2. The van der Waals surface area contributed by atoms with Crippen LogP contribution in [0.1, 0.15) is 20.8 Å². The molecule has 0 atom stereocenters. The lowest BCUT2D eigenvalue weighted by atomic mass is 9.87. The first-order chi connectivity index (χ1) is 8.43. The Morgan fingerprint density at radius 1 is 1.33 bits per heavy atom. The van der Waals surface area contributed by atoms with E-state index < -0.39 is 5.41 Å². The summed E-state index contributed by atoms with van der Waals surface area (Å²) in [5.74, 6) is -0.132. The molecule has 2 rings (SSSR count). The van der Waals surface area contributed by atoms with Crippen molar-refractivity contribution >= 4 is 23.2 Å². The molecular weight excluding hydrogens is 244 g/mol. The van der Waals surface area contributed by atoms with Crippen molar-refractivity contribution < 1.29 is 4.79 Å². The second-order valence-corrected chi connectivity index (χ2v) is 6.17. The summed E-state index contributed by atoms with van der Waals surface area (Å²) in [5, 5.41) is 13.0. The molecule has 0 radical (unpaired) electrons. The van der Waals surface area contributed by atoms with Gasteiger partial charge >= 0.3 is 0 Å². The molecular formula is C14H14N2OS. The maximum Gasteiger partial charge on any atom is 0.181 e. The standard InChI is InChI=1S/C14H14N2OS/c1-14(2,3)12(17)9(8-15)13-16-10-6-4-5-7-11(10)18-13/h4-7,16H,1-3H3/b13-9+. The largest absolute Gasteiger partial charge is 0.348 e. The molecule has 1 aromatic carbocycles. The van der Waals surface area contributed by atoms with E-state index in [0.29, 0.717) is 5.03 Å². The van der Waals surface area contributed by atoms with Gasteiger partial charge in [0.1, 0.15) is 11.6 Å². The number of benzene rings is 1. The molecule has 1 N–H and O–H groups in total. The molecule has 18 heavy (non-hydrogen) atoms. The molecule has 92 valence electrons. The molecule has 1 aliphatic heterocycles. The highest BCUT2D eigenvalue weighted by molar-refractivity contribution is 8.03. The third-order valence-electron chi connectivity index (χ3n) is 2.59. The number of nitrogens with zero attached hydrogens (tertiary/aromatic N) is 1. The number of nitriles is 1. The average molecular weight is 258 g/mol. The van der Waals surface area contributed by atoms with Crippen LogP contribution in [0.25, 0.3) is 0 Å². The van der Waals surface area contributed by atoms with Crippen LogP contribution in [0.2, 0.25) is 0 Å². The van der Waals surface area contributed by atoms with Gasteiger partial charge in [0.2, 0.25) is 0 Å². The van der Waals surface area contributed by atoms with Gasteiger partial charge in [-0.05, 0) is 12.1 Å². The van der Waals surface area contributed by atoms with E-state index in [2.05, 4.69) is 5.32 Å². The van der Waals surface area contributed by atoms with Gasteiger partial charge in [-0.3, -0.25) is 4.79 Å². The number of anilines is 1. The first-order valence-electron chi connectivity index (χ1n) is 5.66. The van der Waals surface area contributed by atoms with Gasteiger partial charge < -0.3 is 5.32 Å². The topological polar surface area (TPSA) is 52.9 Å². The van der Waals surface area contributed by atoms with Crippen LogP contribution < -0.4 is 5.32 Å². The van der Waals surface area contributed by atoms with Crippen molar-refractivity contribution in [2.24, 2.45) is 5.41 Å². The molecule has 0 saturated heterocycles. The fourth-order valence-corrected chi connectivity index (χ4v) is 2.61. The zero-order chi connectivity index (χ0) is 13.3. The van der Waals surface area contributed by atoms with Crippen molar-refractivity contribution in [3.8, 4) is 6.07 Å². The molecule has 0 fully saturated rings. The van der Waals surface area contributed by atoms with Crippen molar-refractivity contribution in [2.45, 2.75) is 25.7 Å². The molecule has 1 heterocycles. The summed E-state index contributed by atoms with van der Waals surface area (Å²) in [5.41, 5.74) is 0.616. The van der Waals surface area contributed by atoms with Crippen molar-refractivity contribution in [3.05, 3.63) is 34.9 Å². The van der Waals surface area contributed by atoms with Crippen molar-refractivity contribution in [1.82, 2.24) is 0 Å². The van der Waals surface area contributed by atoms with Gasteiger partial charge in [0.25, 0.3) is 0 Å². The number of thioether (sulfide) groups is 1. The monoisotopic (exact) mass is 258 g/mol. The van der Waals surface area contributed by atoms with E-state index in [1.807, 2.05) is 51.1 Å². The minimum Gasteiger partial charge on any atom is -0.348 e. The Hall–Kier alpha value is -1.73. The molecule has 0 unspecified atom stereocenters. The minimum absolute atomic E-state index is 0.132. The Balaban J connectivity index is 2.40. The zero-order valence-corrected chi connectivity index (χ0v) is 11.4. The Kier molecular flexibility index (Phi) is 3.18. The molecule has 0 amide bonds. The predicted molar refractivity (Wildman–Crippen MR) is 73.0 cm³/mol. The number of hydrogen-bond acceptors (Lipinski definition) is 4. The van der Waals surface area contributed by atoms with Gasteiger partial charge in [-0.1, -0.05) is 44.7 Å². The van der Waals surface area contributed by atoms with E-state index in [1.165, 1.54) is 11.8 Å². The van der Waals surface area contributed by atoms with Crippen LogP contribution in [0, 0.1) is 16.7 Å². The highest BCUT2D eigenvalue weighted by Crippen LogP contribution is 2.42. The summed E-state index contributed by atoms with van der Waals surface area (Å²) < 4.78 is 0. The van der Waals surface area contributed by atoms with Crippen LogP contribution in [0.3, 0.4) is 0 Å².